The average Bonchev–Trinajstić information content (AvgIpc) is 3.34. The first-order valence-electron chi connectivity index (χ1n) is 14.8. The number of hydrogen-bond acceptors (Lipinski definition) is 11. The number of rotatable bonds is 19. The van der Waals surface area contributed by atoms with Crippen LogP contribution in [0.1, 0.15) is 40.7 Å². The Morgan fingerprint density at radius 1 is 0.804 bits per heavy atom. The third-order valence-corrected chi connectivity index (χ3v) is 10.1. The molecule has 0 spiro atoms. The van der Waals surface area contributed by atoms with Gasteiger partial charge in [-0.05, 0) is 49.1 Å². The molecule has 46 heavy (non-hydrogen) atoms. The summed E-state index contributed by atoms with van der Waals surface area (Å²) in [5.74, 6) is -1.69. The number of piperidine rings is 1. The van der Waals surface area contributed by atoms with Crippen LogP contribution in [0, 0.1) is 0 Å². The predicted octanol–water partition coefficient (Wildman–Crippen LogP) is 1.17. The number of carbonyl (C=O) groups is 3. The van der Waals surface area contributed by atoms with Gasteiger partial charge < -0.3 is 23.8 Å². The average molecular weight is 683 g/mol. The summed E-state index contributed by atoms with van der Waals surface area (Å²) in [5.41, 5.74) is 1.52. The maximum absolute atomic E-state index is 13.1. The third kappa shape index (κ3) is 9.87. The van der Waals surface area contributed by atoms with Crippen LogP contribution in [0.5, 0.6) is 0 Å². The molecule has 0 saturated carbocycles. The van der Waals surface area contributed by atoms with Gasteiger partial charge in [0.15, 0.2) is 9.84 Å². The number of nitrogens with one attached hydrogen (secondary N) is 1. The van der Waals surface area contributed by atoms with Crippen LogP contribution in [0.3, 0.4) is 0 Å². The molecule has 16 heteroatoms. The molecule has 0 aliphatic carbocycles. The van der Waals surface area contributed by atoms with E-state index >= 15 is 0 Å². The van der Waals surface area contributed by atoms with Crippen molar-refractivity contribution in [3.8, 4) is 0 Å². The lowest BCUT2D eigenvalue weighted by Crippen LogP contribution is -2.52. The summed E-state index contributed by atoms with van der Waals surface area (Å²) >= 11 is 0. The fraction of sp³-hybridized carbons (Fsp3) is 0.500. The first-order valence-corrected chi connectivity index (χ1v) is 17.9. The van der Waals surface area contributed by atoms with Gasteiger partial charge in [-0.2, -0.15) is 8.42 Å². The number of amides is 3. The summed E-state index contributed by atoms with van der Waals surface area (Å²) in [7, 11) is -7.97. The van der Waals surface area contributed by atoms with E-state index in [4.69, 9.17) is 23.5 Å². The molecule has 1 unspecified atom stereocenters. The molecule has 1 fully saturated rings. The number of benzene rings is 2. The molecule has 2 aliphatic rings. The predicted molar refractivity (Wildman–Crippen MR) is 162 cm³/mol. The lowest BCUT2D eigenvalue weighted by atomic mass is 10.0. The molecule has 0 bridgehead atoms. The molecule has 0 aromatic heterocycles. The van der Waals surface area contributed by atoms with Gasteiger partial charge in [-0.15, -0.1) is 0 Å². The second kappa shape index (κ2) is 16.5. The van der Waals surface area contributed by atoms with E-state index in [1.54, 1.807) is 12.1 Å². The number of sulfone groups is 1. The topological polar surface area (TPSA) is 192 Å². The summed E-state index contributed by atoms with van der Waals surface area (Å²) in [6.07, 6.45) is 1.74. The minimum atomic E-state index is -4.19. The number of carbonyl (C=O) groups excluding carboxylic acids is 3. The Morgan fingerprint density at radius 2 is 1.41 bits per heavy atom. The fourth-order valence-corrected chi connectivity index (χ4v) is 6.97. The second-order valence-corrected chi connectivity index (χ2v) is 14.2. The monoisotopic (exact) mass is 682 g/mol. The first kappa shape index (κ1) is 35.6. The number of fused-ring (bicyclic) bond motifs is 1. The van der Waals surface area contributed by atoms with E-state index in [0.29, 0.717) is 45.0 Å². The van der Waals surface area contributed by atoms with E-state index in [9.17, 15) is 31.2 Å². The number of aryl methyl sites for hydroxylation is 1. The molecule has 0 radical (unpaired) electrons. The Hall–Kier alpha value is -3.25. The van der Waals surface area contributed by atoms with Crippen molar-refractivity contribution < 1.29 is 54.7 Å². The first-order chi connectivity index (χ1) is 22.0. The van der Waals surface area contributed by atoms with E-state index in [1.807, 2.05) is 0 Å². The summed E-state index contributed by atoms with van der Waals surface area (Å²) in [6, 6.07) is 9.68. The van der Waals surface area contributed by atoms with Gasteiger partial charge in [0.25, 0.3) is 16.0 Å². The lowest BCUT2D eigenvalue weighted by Gasteiger charge is -2.29. The number of imide groups is 1. The summed E-state index contributed by atoms with van der Waals surface area (Å²) < 4.78 is 79.2. The molecular formula is C30H38N2O12S2. The molecule has 3 amide bonds. The van der Waals surface area contributed by atoms with Gasteiger partial charge in [-0.3, -0.25) is 24.3 Å². The van der Waals surface area contributed by atoms with E-state index in [1.165, 1.54) is 35.2 Å². The minimum absolute atomic E-state index is 0.0298. The SMILES string of the molecule is O=C1CCC(N2Cc3c(cccc3S(=O)(=O)CCOCCOCCOCCOCCCc3ccc(S(=O)(=O)O)cc3)C2=O)C(=O)N1. The standard InChI is InChI=1S/C30H38N2O12S2/c33-28-11-10-26(29(34)31-28)32-21-25-24(30(32)35)4-1-5-27(25)45(36,37)20-19-44-18-17-43-16-15-42-14-13-41-12-2-3-22-6-8-23(9-7-22)46(38,39)40/h1,4-9,26H,2-3,10-21H2,(H,31,33,34)(H,38,39,40). The molecule has 2 aliphatic heterocycles. The zero-order valence-corrected chi connectivity index (χ0v) is 26.9. The highest BCUT2D eigenvalue weighted by Gasteiger charge is 2.41. The van der Waals surface area contributed by atoms with Crippen LogP contribution >= 0.6 is 0 Å². The maximum atomic E-state index is 13.1. The van der Waals surface area contributed by atoms with Crippen molar-refractivity contribution in [1.29, 1.82) is 0 Å². The van der Waals surface area contributed by atoms with Crippen LogP contribution in [0.2, 0.25) is 0 Å². The molecule has 2 N–H and O–H groups in total. The smallest absolute Gasteiger partial charge is 0.294 e. The maximum Gasteiger partial charge on any atom is 0.294 e. The molecule has 14 nitrogen and oxygen atoms in total. The van der Waals surface area contributed by atoms with E-state index in [2.05, 4.69) is 5.32 Å². The molecule has 252 valence electrons. The van der Waals surface area contributed by atoms with Crippen LogP contribution in [-0.2, 0) is 61.5 Å². The molecule has 1 atom stereocenters. The highest BCUT2D eigenvalue weighted by molar-refractivity contribution is 7.91. The molecule has 2 heterocycles. The van der Waals surface area contributed by atoms with Crippen molar-refractivity contribution in [2.75, 3.05) is 58.6 Å². The van der Waals surface area contributed by atoms with Gasteiger partial charge in [0.2, 0.25) is 11.8 Å². The Morgan fingerprint density at radius 3 is 2.02 bits per heavy atom. The minimum Gasteiger partial charge on any atom is -0.379 e. The number of nitrogens with zero attached hydrogens (tertiary/aromatic N) is 1. The van der Waals surface area contributed by atoms with Gasteiger partial charge in [-0.25, -0.2) is 8.42 Å². The summed E-state index contributed by atoms with van der Waals surface area (Å²) in [5, 5.41) is 2.23. The van der Waals surface area contributed by atoms with Crippen molar-refractivity contribution >= 4 is 37.7 Å². The van der Waals surface area contributed by atoms with E-state index in [-0.39, 0.29) is 60.3 Å². The van der Waals surface area contributed by atoms with Crippen molar-refractivity contribution in [3.05, 3.63) is 59.2 Å². The van der Waals surface area contributed by atoms with Crippen LogP contribution in [0.4, 0.5) is 0 Å². The molecular weight excluding hydrogens is 644 g/mol. The third-order valence-electron chi connectivity index (χ3n) is 7.46. The van der Waals surface area contributed by atoms with Gasteiger partial charge in [0.1, 0.15) is 6.04 Å². The fourth-order valence-electron chi connectivity index (χ4n) is 5.10. The van der Waals surface area contributed by atoms with Crippen LogP contribution < -0.4 is 5.32 Å². The Kier molecular flexibility index (Phi) is 12.8. The van der Waals surface area contributed by atoms with Crippen molar-refractivity contribution in [3.63, 3.8) is 0 Å². The molecule has 4 rings (SSSR count). The number of ether oxygens (including phenoxy) is 4. The highest BCUT2D eigenvalue weighted by atomic mass is 32.2. The van der Waals surface area contributed by atoms with Crippen LogP contribution in [-0.4, -0.2) is 109 Å². The molecule has 1 saturated heterocycles. The summed E-state index contributed by atoms with van der Waals surface area (Å²) in [4.78, 5) is 38.0. The van der Waals surface area contributed by atoms with Gasteiger partial charge in [0, 0.05) is 30.7 Å². The van der Waals surface area contributed by atoms with Gasteiger partial charge >= 0.3 is 0 Å². The number of hydrogen-bond donors (Lipinski definition) is 2. The van der Waals surface area contributed by atoms with Crippen LogP contribution in [0.15, 0.2) is 52.3 Å². The highest BCUT2D eigenvalue weighted by Crippen LogP contribution is 2.32. The largest absolute Gasteiger partial charge is 0.379 e. The second-order valence-electron chi connectivity index (χ2n) is 10.7. The van der Waals surface area contributed by atoms with Crippen molar-refractivity contribution in [1.82, 2.24) is 10.2 Å². The quantitative estimate of drug-likeness (QED) is 0.122. The van der Waals surface area contributed by atoms with Gasteiger partial charge in [0.05, 0.1) is 61.8 Å². The Labute approximate surface area is 268 Å². The van der Waals surface area contributed by atoms with Crippen molar-refractivity contribution in [2.45, 2.75) is 48.1 Å². The molecule has 2 aromatic carbocycles. The van der Waals surface area contributed by atoms with E-state index in [0.717, 1.165) is 12.0 Å². The Balaban J connectivity index is 1.03. The summed E-state index contributed by atoms with van der Waals surface area (Å²) in [6.45, 7) is 2.34. The normalized spacial score (nSPS) is 16.9. The Bertz CT molecular complexity index is 1590. The lowest BCUT2D eigenvalue weighted by molar-refractivity contribution is -0.136. The molecule has 2 aromatic rings. The van der Waals surface area contributed by atoms with Crippen molar-refractivity contribution in [2.24, 2.45) is 0 Å². The van der Waals surface area contributed by atoms with Crippen LogP contribution in [0.25, 0.3) is 0 Å². The van der Waals surface area contributed by atoms with Gasteiger partial charge in [-0.1, -0.05) is 18.2 Å². The zero-order valence-electron chi connectivity index (χ0n) is 25.2. The van der Waals surface area contributed by atoms with E-state index < -0.39 is 43.7 Å². The zero-order chi connectivity index (χ0) is 33.2.